The lowest BCUT2D eigenvalue weighted by atomic mass is 9.97. The summed E-state index contributed by atoms with van der Waals surface area (Å²) >= 11 is 0. The quantitative estimate of drug-likeness (QED) is 0.541. The van der Waals surface area contributed by atoms with E-state index in [1.807, 2.05) is 48.2 Å². The maximum atomic E-state index is 14.6. The SMILES string of the molecule is CCC=C1CN[C@@H](C)CCc2c(F)cccc2CCCNC(=O)C(Cn2cccc2)NC(=O)CN1. The molecule has 1 unspecified atom stereocenters. The first-order chi connectivity index (χ1) is 17.0. The maximum absolute atomic E-state index is 14.6. The van der Waals surface area contributed by atoms with Gasteiger partial charge in [-0.3, -0.25) is 9.59 Å². The number of aryl methyl sites for hydroxylation is 1. The van der Waals surface area contributed by atoms with Gasteiger partial charge in [-0.15, -0.1) is 0 Å². The molecule has 1 aromatic heterocycles. The number of nitrogens with zero attached hydrogens (tertiary/aromatic N) is 1. The Morgan fingerprint density at radius 3 is 2.66 bits per heavy atom. The van der Waals surface area contributed by atoms with Crippen molar-refractivity contribution in [2.45, 2.75) is 64.6 Å². The number of amides is 2. The molecule has 7 nitrogen and oxygen atoms in total. The molecule has 8 heteroatoms. The smallest absolute Gasteiger partial charge is 0.244 e. The number of allylic oxidation sites excluding steroid dienone is 1. The molecule has 2 heterocycles. The van der Waals surface area contributed by atoms with E-state index in [9.17, 15) is 14.0 Å². The molecule has 1 aliphatic rings. The van der Waals surface area contributed by atoms with Crippen LogP contribution in [0.2, 0.25) is 0 Å². The highest BCUT2D eigenvalue weighted by atomic mass is 19.1. The van der Waals surface area contributed by atoms with Crippen LogP contribution in [0.1, 0.15) is 44.2 Å². The summed E-state index contributed by atoms with van der Waals surface area (Å²) in [6, 6.07) is 8.49. The number of hydrogen-bond acceptors (Lipinski definition) is 4. The number of benzene rings is 1. The molecule has 35 heavy (non-hydrogen) atoms. The second-order valence-corrected chi connectivity index (χ2v) is 9.08. The highest BCUT2D eigenvalue weighted by molar-refractivity contribution is 5.88. The van der Waals surface area contributed by atoms with Crippen molar-refractivity contribution in [2.75, 3.05) is 19.6 Å². The van der Waals surface area contributed by atoms with Gasteiger partial charge in [-0.05, 0) is 68.4 Å². The minimum Gasteiger partial charge on any atom is -0.379 e. The summed E-state index contributed by atoms with van der Waals surface area (Å²) in [6.07, 6.45) is 9.41. The van der Waals surface area contributed by atoms with E-state index < -0.39 is 6.04 Å². The molecule has 0 saturated carbocycles. The Hall–Kier alpha value is -3.13. The maximum Gasteiger partial charge on any atom is 0.244 e. The van der Waals surface area contributed by atoms with Crippen LogP contribution in [0.3, 0.4) is 0 Å². The number of carbonyl (C=O) groups excluding carboxylic acids is 2. The van der Waals surface area contributed by atoms with Crippen molar-refractivity contribution >= 4 is 11.8 Å². The fraction of sp³-hybridized carbons (Fsp3) is 0.481. The van der Waals surface area contributed by atoms with Gasteiger partial charge in [0.15, 0.2) is 0 Å². The fourth-order valence-corrected chi connectivity index (χ4v) is 4.27. The molecule has 2 amide bonds. The van der Waals surface area contributed by atoms with Crippen LogP contribution in [-0.4, -0.2) is 48.1 Å². The lowest BCUT2D eigenvalue weighted by Crippen LogP contribution is -2.51. The predicted octanol–water partition coefficient (Wildman–Crippen LogP) is 2.67. The van der Waals surface area contributed by atoms with Gasteiger partial charge in [0.1, 0.15) is 11.9 Å². The normalized spacial score (nSPS) is 22.3. The largest absolute Gasteiger partial charge is 0.379 e. The van der Waals surface area contributed by atoms with Crippen molar-refractivity contribution in [1.82, 2.24) is 25.8 Å². The summed E-state index contributed by atoms with van der Waals surface area (Å²) in [7, 11) is 0. The Kier molecular flexibility index (Phi) is 10.3. The fourth-order valence-electron chi connectivity index (χ4n) is 4.27. The minimum absolute atomic E-state index is 0.0793. The van der Waals surface area contributed by atoms with Crippen molar-refractivity contribution in [3.63, 3.8) is 0 Å². The average molecular weight is 484 g/mol. The molecule has 2 atom stereocenters. The average Bonchev–Trinajstić information content (AvgIpc) is 3.35. The molecule has 0 spiro atoms. The minimum atomic E-state index is -0.697. The monoisotopic (exact) mass is 483 g/mol. The first kappa shape index (κ1) is 26.5. The Bertz CT molecular complexity index is 989. The number of hydrogen-bond donors (Lipinski definition) is 4. The third-order valence-electron chi connectivity index (χ3n) is 6.24. The molecular formula is C27H38FN5O2. The molecule has 4 N–H and O–H groups in total. The standard InChI is InChI=1S/C27H38FN5O2/c1-3-8-22-17-30-20(2)12-13-23-21(9-6-11-24(23)28)10-7-14-29-27(35)25(32-26(34)18-31-22)19-33-15-4-5-16-33/h4-6,8-9,11,15-16,20,25,30-31H,3,7,10,12-14,17-19H2,1-2H3,(H,29,35)(H,32,34)/t20-,25?/m0/s1. The highest BCUT2D eigenvalue weighted by Crippen LogP contribution is 2.18. The van der Waals surface area contributed by atoms with E-state index in [2.05, 4.69) is 28.2 Å². The molecule has 1 aromatic carbocycles. The number of aromatic nitrogens is 1. The summed E-state index contributed by atoms with van der Waals surface area (Å²) in [5.41, 5.74) is 2.67. The molecule has 0 radical (unpaired) electrons. The lowest BCUT2D eigenvalue weighted by molar-refractivity contribution is -0.128. The van der Waals surface area contributed by atoms with Crippen LogP contribution < -0.4 is 21.3 Å². The molecule has 0 fully saturated rings. The van der Waals surface area contributed by atoms with Crippen LogP contribution in [0.25, 0.3) is 0 Å². The summed E-state index contributed by atoms with van der Waals surface area (Å²) in [6.45, 7) is 5.59. The van der Waals surface area contributed by atoms with Crippen LogP contribution in [0.5, 0.6) is 0 Å². The summed E-state index contributed by atoms with van der Waals surface area (Å²) in [5, 5.41) is 12.5. The van der Waals surface area contributed by atoms with Gasteiger partial charge in [-0.2, -0.15) is 0 Å². The summed E-state index contributed by atoms with van der Waals surface area (Å²) in [5.74, 6) is -0.638. The van der Waals surface area contributed by atoms with Gasteiger partial charge >= 0.3 is 0 Å². The molecule has 2 aromatic rings. The van der Waals surface area contributed by atoms with Crippen molar-refractivity contribution in [3.8, 4) is 0 Å². The lowest BCUT2D eigenvalue weighted by Gasteiger charge is -2.21. The van der Waals surface area contributed by atoms with Gasteiger partial charge in [0.2, 0.25) is 11.8 Å². The zero-order valence-corrected chi connectivity index (χ0v) is 20.8. The van der Waals surface area contributed by atoms with Crippen molar-refractivity contribution in [1.29, 1.82) is 0 Å². The molecular weight excluding hydrogens is 445 g/mol. The van der Waals surface area contributed by atoms with E-state index >= 15 is 0 Å². The molecule has 0 aliphatic carbocycles. The molecule has 1 aliphatic heterocycles. The van der Waals surface area contributed by atoms with E-state index in [-0.39, 0.29) is 30.2 Å². The number of fused-ring (bicyclic) bond motifs is 1. The first-order valence-electron chi connectivity index (χ1n) is 12.6. The van der Waals surface area contributed by atoms with Crippen molar-refractivity contribution in [3.05, 3.63) is 71.4 Å². The molecule has 0 bridgehead atoms. The van der Waals surface area contributed by atoms with E-state index in [1.165, 1.54) is 6.07 Å². The predicted molar refractivity (Wildman–Crippen MR) is 136 cm³/mol. The second-order valence-electron chi connectivity index (χ2n) is 9.08. The van der Waals surface area contributed by atoms with E-state index in [4.69, 9.17) is 0 Å². The molecule has 3 rings (SSSR count). The summed E-state index contributed by atoms with van der Waals surface area (Å²) in [4.78, 5) is 25.6. The van der Waals surface area contributed by atoms with Crippen LogP contribution in [0, 0.1) is 5.82 Å². The van der Waals surface area contributed by atoms with Gasteiger partial charge in [-0.25, -0.2) is 4.39 Å². The van der Waals surface area contributed by atoms with E-state index in [0.29, 0.717) is 38.9 Å². The number of halogens is 1. The van der Waals surface area contributed by atoms with Gasteiger partial charge in [-0.1, -0.05) is 25.1 Å². The van der Waals surface area contributed by atoms with Crippen LogP contribution >= 0.6 is 0 Å². The van der Waals surface area contributed by atoms with Gasteiger partial charge in [0.05, 0.1) is 13.1 Å². The Labute approximate surface area is 207 Å². The first-order valence-corrected chi connectivity index (χ1v) is 12.6. The van der Waals surface area contributed by atoms with Crippen LogP contribution in [-0.2, 0) is 29.0 Å². The third kappa shape index (κ3) is 8.55. The van der Waals surface area contributed by atoms with Gasteiger partial charge in [0.25, 0.3) is 0 Å². The molecule has 0 saturated heterocycles. The number of nitrogens with one attached hydrogen (secondary N) is 4. The number of carbonyl (C=O) groups is 2. The molecule has 190 valence electrons. The number of rotatable bonds is 3. The third-order valence-corrected chi connectivity index (χ3v) is 6.24. The van der Waals surface area contributed by atoms with Crippen LogP contribution in [0.15, 0.2) is 54.5 Å². The zero-order chi connectivity index (χ0) is 25.0. The second kappa shape index (κ2) is 13.7. The van der Waals surface area contributed by atoms with Crippen LogP contribution in [0.4, 0.5) is 4.39 Å². The van der Waals surface area contributed by atoms with E-state index in [0.717, 1.165) is 29.7 Å². The van der Waals surface area contributed by atoms with E-state index in [1.54, 1.807) is 6.07 Å². The van der Waals surface area contributed by atoms with Gasteiger partial charge in [0, 0.05) is 37.2 Å². The zero-order valence-electron chi connectivity index (χ0n) is 20.8. The highest BCUT2D eigenvalue weighted by Gasteiger charge is 2.21. The Morgan fingerprint density at radius 2 is 1.89 bits per heavy atom. The Balaban J connectivity index is 1.76. The summed E-state index contributed by atoms with van der Waals surface area (Å²) < 4.78 is 16.5. The van der Waals surface area contributed by atoms with Crippen molar-refractivity contribution < 1.29 is 14.0 Å². The van der Waals surface area contributed by atoms with Crippen molar-refractivity contribution in [2.24, 2.45) is 0 Å². The Morgan fingerprint density at radius 1 is 1.09 bits per heavy atom. The van der Waals surface area contributed by atoms with Gasteiger partial charge < -0.3 is 25.8 Å². The topological polar surface area (TPSA) is 87.2 Å².